The van der Waals surface area contributed by atoms with Crippen LogP contribution >= 0.6 is 11.6 Å². The molecule has 2 rings (SSSR count). The van der Waals surface area contributed by atoms with E-state index in [1.165, 1.54) is 0 Å². The fraction of sp³-hybridized carbons (Fsp3) is 0.636. The Kier molecular flexibility index (Phi) is 3.66. The predicted octanol–water partition coefficient (Wildman–Crippen LogP) is 3.39. The molecule has 0 bridgehead atoms. The zero-order chi connectivity index (χ0) is 13.3. The van der Waals surface area contributed by atoms with Gasteiger partial charge < -0.3 is 4.90 Å². The molecule has 1 aromatic rings. The molecule has 3 nitrogen and oxygen atoms in total. The Morgan fingerprint density at radius 1 is 1.39 bits per heavy atom. The second kappa shape index (κ2) is 4.91. The summed E-state index contributed by atoms with van der Waals surface area (Å²) in [4.78, 5) is 8.94. The van der Waals surface area contributed by atoms with Crippen LogP contribution in [0.3, 0.4) is 0 Å². The van der Waals surface area contributed by atoms with E-state index in [0.29, 0.717) is 19.0 Å². The van der Waals surface area contributed by atoms with Gasteiger partial charge >= 0.3 is 6.18 Å². The van der Waals surface area contributed by atoms with Crippen LogP contribution in [0.5, 0.6) is 0 Å². The lowest BCUT2D eigenvalue weighted by Gasteiger charge is -2.32. The number of rotatable bonds is 1. The van der Waals surface area contributed by atoms with Gasteiger partial charge in [0, 0.05) is 19.2 Å². The third kappa shape index (κ3) is 3.04. The summed E-state index contributed by atoms with van der Waals surface area (Å²) in [5, 5.41) is -0.363. The highest BCUT2D eigenvalue weighted by atomic mass is 35.5. The maximum Gasteiger partial charge on any atom is 0.433 e. The van der Waals surface area contributed by atoms with E-state index in [2.05, 4.69) is 16.9 Å². The van der Waals surface area contributed by atoms with Crippen LogP contribution in [0.25, 0.3) is 0 Å². The fourth-order valence-electron chi connectivity index (χ4n) is 2.11. The highest BCUT2D eigenvalue weighted by molar-refractivity contribution is 6.28. The lowest BCUT2D eigenvalue weighted by molar-refractivity contribution is -0.141. The largest absolute Gasteiger partial charge is 0.433 e. The average Bonchev–Trinajstić information content (AvgIpc) is 2.27. The molecule has 0 spiro atoms. The molecular weight excluding hydrogens is 267 g/mol. The maximum atomic E-state index is 12.6. The Labute approximate surface area is 108 Å². The summed E-state index contributed by atoms with van der Waals surface area (Å²) in [5.74, 6) is 0.704. The van der Waals surface area contributed by atoms with E-state index in [9.17, 15) is 13.2 Å². The van der Waals surface area contributed by atoms with Crippen molar-refractivity contribution in [3.63, 3.8) is 0 Å². The van der Waals surface area contributed by atoms with Gasteiger partial charge in [0.2, 0.25) is 5.28 Å². The van der Waals surface area contributed by atoms with Crippen molar-refractivity contribution in [2.75, 3.05) is 18.0 Å². The standard InChI is InChI=1S/C11H13ClF3N3/c1-7-3-2-4-18(6-7)9-5-8(11(13,14)15)16-10(12)17-9/h5,7H,2-4,6H2,1H3. The third-order valence-electron chi connectivity index (χ3n) is 2.96. The second-order valence-corrected chi connectivity index (χ2v) is 4.91. The molecule has 0 aromatic carbocycles. The summed E-state index contributed by atoms with van der Waals surface area (Å²) in [6, 6.07) is 0.962. The zero-order valence-electron chi connectivity index (χ0n) is 9.84. The van der Waals surface area contributed by atoms with Crippen molar-refractivity contribution in [2.24, 2.45) is 5.92 Å². The summed E-state index contributed by atoms with van der Waals surface area (Å²) in [6.45, 7) is 3.47. The van der Waals surface area contributed by atoms with Crippen molar-refractivity contribution >= 4 is 17.4 Å². The van der Waals surface area contributed by atoms with E-state index >= 15 is 0 Å². The van der Waals surface area contributed by atoms with Crippen LogP contribution in [0.15, 0.2) is 6.07 Å². The van der Waals surface area contributed by atoms with E-state index in [0.717, 1.165) is 18.9 Å². The molecule has 1 aliphatic rings. The normalized spacial score (nSPS) is 21.2. The number of anilines is 1. The Morgan fingerprint density at radius 3 is 2.72 bits per heavy atom. The zero-order valence-corrected chi connectivity index (χ0v) is 10.6. The molecule has 0 radical (unpaired) electrons. The Morgan fingerprint density at radius 2 is 2.11 bits per heavy atom. The van der Waals surface area contributed by atoms with E-state index in [-0.39, 0.29) is 11.1 Å². The van der Waals surface area contributed by atoms with Gasteiger partial charge in [-0.05, 0) is 30.4 Å². The number of piperidine rings is 1. The number of halogens is 4. The van der Waals surface area contributed by atoms with Crippen molar-refractivity contribution in [1.29, 1.82) is 0 Å². The first-order valence-corrected chi connectivity index (χ1v) is 6.11. The van der Waals surface area contributed by atoms with E-state index < -0.39 is 11.9 Å². The van der Waals surface area contributed by atoms with Gasteiger partial charge in [0.25, 0.3) is 0 Å². The number of aromatic nitrogens is 2. The third-order valence-corrected chi connectivity index (χ3v) is 3.13. The minimum Gasteiger partial charge on any atom is -0.356 e. The Hall–Kier alpha value is -1.04. The number of hydrogen-bond acceptors (Lipinski definition) is 3. The van der Waals surface area contributed by atoms with Gasteiger partial charge in [-0.2, -0.15) is 13.2 Å². The first kappa shape index (κ1) is 13.4. The van der Waals surface area contributed by atoms with E-state index in [4.69, 9.17) is 11.6 Å². The van der Waals surface area contributed by atoms with Gasteiger partial charge in [0.05, 0.1) is 0 Å². The lowest BCUT2D eigenvalue weighted by Crippen LogP contribution is -2.35. The molecule has 2 heterocycles. The van der Waals surface area contributed by atoms with Crippen LogP contribution in [0.1, 0.15) is 25.5 Å². The predicted molar refractivity (Wildman–Crippen MR) is 62.7 cm³/mol. The summed E-state index contributed by atoms with van der Waals surface area (Å²) in [7, 11) is 0. The summed E-state index contributed by atoms with van der Waals surface area (Å²) in [5.41, 5.74) is -0.990. The quantitative estimate of drug-likeness (QED) is 0.738. The van der Waals surface area contributed by atoms with E-state index in [1.807, 2.05) is 4.90 Å². The monoisotopic (exact) mass is 279 g/mol. The van der Waals surface area contributed by atoms with Crippen LogP contribution < -0.4 is 4.90 Å². The highest BCUT2D eigenvalue weighted by Crippen LogP contribution is 2.31. The molecule has 1 fully saturated rings. The Balaban J connectivity index is 2.30. The summed E-state index contributed by atoms with van der Waals surface area (Å²) < 4.78 is 37.9. The molecule has 1 unspecified atom stereocenters. The average molecular weight is 280 g/mol. The molecule has 100 valence electrons. The van der Waals surface area contributed by atoms with Crippen LogP contribution in [-0.2, 0) is 6.18 Å². The second-order valence-electron chi connectivity index (χ2n) is 4.57. The van der Waals surface area contributed by atoms with E-state index in [1.54, 1.807) is 0 Å². The number of alkyl halides is 3. The first-order valence-electron chi connectivity index (χ1n) is 5.73. The van der Waals surface area contributed by atoms with Crippen molar-refractivity contribution in [1.82, 2.24) is 9.97 Å². The number of hydrogen-bond donors (Lipinski definition) is 0. The smallest absolute Gasteiger partial charge is 0.356 e. The van der Waals surface area contributed by atoms with Gasteiger partial charge in [-0.1, -0.05) is 6.92 Å². The van der Waals surface area contributed by atoms with Crippen molar-refractivity contribution in [3.05, 3.63) is 17.0 Å². The van der Waals surface area contributed by atoms with Crippen molar-refractivity contribution < 1.29 is 13.2 Å². The van der Waals surface area contributed by atoms with Gasteiger partial charge in [0.1, 0.15) is 5.82 Å². The minimum atomic E-state index is -4.50. The van der Waals surface area contributed by atoms with Gasteiger partial charge in [-0.15, -0.1) is 0 Å². The molecule has 0 amide bonds. The molecule has 1 aliphatic heterocycles. The fourth-order valence-corrected chi connectivity index (χ4v) is 2.29. The molecule has 1 atom stereocenters. The molecular formula is C11H13ClF3N3. The van der Waals surface area contributed by atoms with Crippen molar-refractivity contribution in [2.45, 2.75) is 25.9 Å². The molecule has 0 N–H and O–H groups in total. The first-order chi connectivity index (χ1) is 8.36. The van der Waals surface area contributed by atoms with Crippen LogP contribution in [0, 0.1) is 5.92 Å². The topological polar surface area (TPSA) is 29.0 Å². The highest BCUT2D eigenvalue weighted by Gasteiger charge is 2.34. The lowest BCUT2D eigenvalue weighted by atomic mass is 10.0. The molecule has 0 saturated carbocycles. The summed E-state index contributed by atoms with van der Waals surface area (Å²) >= 11 is 5.56. The molecule has 1 aromatic heterocycles. The Bertz CT molecular complexity index is 436. The van der Waals surface area contributed by atoms with Crippen LogP contribution in [0.4, 0.5) is 19.0 Å². The van der Waals surface area contributed by atoms with Crippen LogP contribution in [0.2, 0.25) is 5.28 Å². The van der Waals surface area contributed by atoms with Gasteiger partial charge in [0.15, 0.2) is 5.69 Å². The molecule has 1 saturated heterocycles. The van der Waals surface area contributed by atoms with Crippen LogP contribution in [-0.4, -0.2) is 23.1 Å². The van der Waals surface area contributed by atoms with Gasteiger partial charge in [-0.25, -0.2) is 9.97 Å². The molecule has 7 heteroatoms. The van der Waals surface area contributed by atoms with Crippen molar-refractivity contribution in [3.8, 4) is 0 Å². The summed E-state index contributed by atoms with van der Waals surface area (Å²) in [6.07, 6.45) is -2.46. The maximum absolute atomic E-state index is 12.6. The minimum absolute atomic E-state index is 0.258. The molecule has 18 heavy (non-hydrogen) atoms. The number of nitrogens with zero attached hydrogens (tertiary/aromatic N) is 3. The van der Waals surface area contributed by atoms with Gasteiger partial charge in [-0.3, -0.25) is 0 Å². The molecule has 0 aliphatic carbocycles. The SMILES string of the molecule is CC1CCCN(c2cc(C(F)(F)F)nc(Cl)n2)C1.